The fourth-order valence-corrected chi connectivity index (χ4v) is 1.05. The van der Waals surface area contributed by atoms with Gasteiger partial charge in [-0.1, -0.05) is 23.2 Å². The van der Waals surface area contributed by atoms with Gasteiger partial charge in [0.15, 0.2) is 0 Å². The highest BCUT2D eigenvalue weighted by Gasteiger charge is 2.10. The van der Waals surface area contributed by atoms with Crippen molar-refractivity contribution in [1.29, 1.82) is 0 Å². The minimum atomic E-state index is -1.11. The van der Waals surface area contributed by atoms with Gasteiger partial charge in [0.1, 0.15) is 10.8 Å². The number of H-pyrrole nitrogens is 1. The molecule has 2 N–H and O–H groups in total. The molecule has 0 aliphatic heterocycles. The molecule has 54 valence electrons. The molecule has 0 unspecified atom stereocenters. The second-order valence-electron chi connectivity index (χ2n) is 1.65. The van der Waals surface area contributed by atoms with Crippen molar-refractivity contribution in [3.05, 3.63) is 21.9 Å². The van der Waals surface area contributed by atoms with E-state index in [1.807, 2.05) is 0 Å². The maximum Gasteiger partial charge on any atom is 0.353 e. The maximum absolute atomic E-state index is 10.3. The Hall–Kier alpha value is -0.670. The Morgan fingerprint density at radius 2 is 2.20 bits per heavy atom. The van der Waals surface area contributed by atoms with E-state index in [1.54, 1.807) is 0 Å². The first kappa shape index (κ1) is 7.44. The van der Waals surface area contributed by atoms with E-state index in [1.165, 1.54) is 6.07 Å². The summed E-state index contributed by atoms with van der Waals surface area (Å²) in [6, 6.07) is 1.34. The van der Waals surface area contributed by atoms with Crippen LogP contribution in [0.1, 0.15) is 10.5 Å². The molecule has 0 aromatic carbocycles. The average Bonchev–Trinajstić information content (AvgIpc) is 2.10. The van der Waals surface area contributed by atoms with Crippen LogP contribution in [0.25, 0.3) is 0 Å². The predicted octanol–water partition coefficient (Wildman–Crippen LogP) is 2.02. The van der Waals surface area contributed by atoms with Gasteiger partial charge in [0.05, 0.1) is 5.02 Å². The molecule has 0 bridgehead atoms. The number of hydrogen-bond donors (Lipinski definition) is 2. The van der Waals surface area contributed by atoms with Crippen LogP contribution in [0.15, 0.2) is 6.07 Å². The van der Waals surface area contributed by atoms with Crippen molar-refractivity contribution in [3.63, 3.8) is 0 Å². The lowest BCUT2D eigenvalue weighted by Crippen LogP contribution is -1.96. The van der Waals surface area contributed by atoms with Gasteiger partial charge in [0.2, 0.25) is 0 Å². The highest BCUT2D eigenvalue weighted by molar-refractivity contribution is 6.36. The fourth-order valence-electron chi connectivity index (χ4n) is 0.554. The molecule has 1 heterocycles. The second kappa shape index (κ2) is 2.52. The topological polar surface area (TPSA) is 53.1 Å². The molecule has 0 fully saturated rings. The van der Waals surface area contributed by atoms with E-state index >= 15 is 0 Å². The monoisotopic (exact) mass is 179 g/mol. The molecule has 0 spiro atoms. The lowest BCUT2D eigenvalue weighted by Gasteiger charge is -1.85. The summed E-state index contributed by atoms with van der Waals surface area (Å²) in [6.07, 6.45) is 0. The van der Waals surface area contributed by atoms with Gasteiger partial charge in [0.25, 0.3) is 0 Å². The third kappa shape index (κ3) is 1.25. The Kier molecular flexibility index (Phi) is 1.87. The smallest absolute Gasteiger partial charge is 0.353 e. The van der Waals surface area contributed by atoms with Crippen molar-refractivity contribution in [2.75, 3.05) is 0 Å². The number of carbonyl (C=O) groups is 1. The average molecular weight is 180 g/mol. The van der Waals surface area contributed by atoms with Crippen LogP contribution in [0.5, 0.6) is 0 Å². The predicted molar refractivity (Wildman–Crippen MR) is 37.8 cm³/mol. The summed E-state index contributed by atoms with van der Waals surface area (Å²) in [6.45, 7) is 0. The van der Waals surface area contributed by atoms with Gasteiger partial charge in [0, 0.05) is 0 Å². The lowest BCUT2D eigenvalue weighted by atomic mass is 10.4. The zero-order valence-corrected chi connectivity index (χ0v) is 6.20. The van der Waals surface area contributed by atoms with E-state index < -0.39 is 5.97 Å². The molecule has 1 rings (SSSR count). The Morgan fingerprint density at radius 3 is 2.40 bits per heavy atom. The molecule has 10 heavy (non-hydrogen) atoms. The van der Waals surface area contributed by atoms with Crippen molar-refractivity contribution in [1.82, 2.24) is 4.98 Å². The first-order valence-electron chi connectivity index (χ1n) is 2.38. The van der Waals surface area contributed by atoms with Crippen LogP contribution in [-0.4, -0.2) is 16.1 Å². The van der Waals surface area contributed by atoms with Gasteiger partial charge in [-0.05, 0) is 6.07 Å². The summed E-state index contributed by atoms with van der Waals surface area (Å²) < 4.78 is 0. The van der Waals surface area contributed by atoms with Crippen molar-refractivity contribution in [2.45, 2.75) is 0 Å². The minimum absolute atomic E-state index is 0.0772. The van der Waals surface area contributed by atoms with Crippen LogP contribution >= 0.6 is 23.2 Å². The molecule has 0 saturated carbocycles. The Bertz CT molecular complexity index is 269. The highest BCUT2D eigenvalue weighted by atomic mass is 35.5. The number of carboxylic acid groups (broad SMARTS) is 1. The summed E-state index contributed by atoms with van der Waals surface area (Å²) in [7, 11) is 0. The van der Waals surface area contributed by atoms with Crippen molar-refractivity contribution in [3.8, 4) is 0 Å². The first-order chi connectivity index (χ1) is 4.61. The third-order valence-corrected chi connectivity index (χ3v) is 1.45. The van der Waals surface area contributed by atoms with E-state index in [-0.39, 0.29) is 15.9 Å². The molecular formula is C5H3Cl2NO2. The molecule has 1 aromatic rings. The largest absolute Gasteiger partial charge is 0.477 e. The molecular weight excluding hydrogens is 177 g/mol. The Labute approximate surface area is 66.6 Å². The van der Waals surface area contributed by atoms with Gasteiger partial charge in [-0.2, -0.15) is 0 Å². The summed E-state index contributed by atoms with van der Waals surface area (Å²) in [5.41, 5.74) is -0.0772. The van der Waals surface area contributed by atoms with E-state index in [9.17, 15) is 4.79 Å². The standard InChI is InChI=1S/C5H3Cl2NO2/c6-2-1-3(7)8-4(2)5(9)10/h1,8H,(H,9,10). The van der Waals surface area contributed by atoms with E-state index in [0.29, 0.717) is 0 Å². The number of nitrogens with one attached hydrogen (secondary N) is 1. The van der Waals surface area contributed by atoms with Crippen LogP contribution in [-0.2, 0) is 0 Å². The maximum atomic E-state index is 10.3. The molecule has 0 aliphatic carbocycles. The number of carboxylic acids is 1. The van der Waals surface area contributed by atoms with Gasteiger partial charge in [-0.25, -0.2) is 4.79 Å². The van der Waals surface area contributed by atoms with E-state index in [4.69, 9.17) is 28.3 Å². The first-order valence-corrected chi connectivity index (χ1v) is 3.14. The second-order valence-corrected chi connectivity index (χ2v) is 2.46. The SMILES string of the molecule is O=C(O)c1[nH]c(Cl)cc1Cl. The van der Waals surface area contributed by atoms with Gasteiger partial charge in [-0.15, -0.1) is 0 Å². The van der Waals surface area contributed by atoms with Gasteiger partial charge >= 0.3 is 5.97 Å². The van der Waals surface area contributed by atoms with E-state index in [0.717, 1.165) is 0 Å². The van der Waals surface area contributed by atoms with Crippen LogP contribution in [0, 0.1) is 0 Å². The number of hydrogen-bond acceptors (Lipinski definition) is 1. The zero-order valence-electron chi connectivity index (χ0n) is 4.69. The van der Waals surface area contributed by atoms with Crippen molar-refractivity contribution in [2.24, 2.45) is 0 Å². The van der Waals surface area contributed by atoms with Gasteiger partial charge in [-0.3, -0.25) is 0 Å². The molecule has 0 radical (unpaired) electrons. The minimum Gasteiger partial charge on any atom is -0.477 e. The normalized spacial score (nSPS) is 9.80. The number of rotatable bonds is 1. The highest BCUT2D eigenvalue weighted by Crippen LogP contribution is 2.19. The van der Waals surface area contributed by atoms with Gasteiger partial charge < -0.3 is 10.1 Å². The molecule has 0 aliphatic rings. The molecule has 0 atom stereocenters. The van der Waals surface area contributed by atoms with Crippen LogP contribution in [0.3, 0.4) is 0 Å². The molecule has 3 nitrogen and oxygen atoms in total. The zero-order chi connectivity index (χ0) is 7.72. The summed E-state index contributed by atoms with van der Waals surface area (Å²) in [4.78, 5) is 12.6. The molecule has 1 aromatic heterocycles. The van der Waals surface area contributed by atoms with Crippen LogP contribution in [0.4, 0.5) is 0 Å². The molecule has 0 saturated heterocycles. The van der Waals surface area contributed by atoms with Crippen LogP contribution < -0.4 is 0 Å². The number of aromatic carboxylic acids is 1. The molecule has 0 amide bonds. The number of aromatic nitrogens is 1. The van der Waals surface area contributed by atoms with Crippen molar-refractivity contribution < 1.29 is 9.90 Å². The van der Waals surface area contributed by atoms with Crippen molar-refractivity contribution >= 4 is 29.2 Å². The number of halogens is 2. The van der Waals surface area contributed by atoms with Crippen LogP contribution in [0.2, 0.25) is 10.2 Å². The Morgan fingerprint density at radius 1 is 1.60 bits per heavy atom. The molecule has 5 heteroatoms. The summed E-state index contributed by atoms with van der Waals surface area (Å²) in [5.74, 6) is -1.11. The summed E-state index contributed by atoms with van der Waals surface area (Å²) in [5, 5.41) is 8.75. The third-order valence-electron chi connectivity index (χ3n) is 0.951. The van der Waals surface area contributed by atoms with E-state index in [2.05, 4.69) is 4.98 Å². The summed E-state index contributed by atoms with van der Waals surface area (Å²) >= 11 is 10.8. The lowest BCUT2D eigenvalue weighted by molar-refractivity contribution is 0.0691. The fraction of sp³-hybridized carbons (Fsp3) is 0. The Balaban J connectivity index is 3.15. The quantitative estimate of drug-likeness (QED) is 0.694. The number of aromatic amines is 1.